The molecule has 0 heterocycles. The Bertz CT molecular complexity index is 301. The normalized spacial score (nSPS) is 12.5. The SMILES string of the molecule is O=CC(F)c1ccc(O)c(Cl)c1. The molecule has 1 aromatic rings. The van der Waals surface area contributed by atoms with Crippen LogP contribution in [0.1, 0.15) is 11.7 Å². The average molecular weight is 189 g/mol. The Kier molecular flexibility index (Phi) is 2.65. The second kappa shape index (κ2) is 3.54. The van der Waals surface area contributed by atoms with Crippen molar-refractivity contribution in [3.05, 3.63) is 28.8 Å². The van der Waals surface area contributed by atoms with Crippen molar-refractivity contribution in [2.45, 2.75) is 6.17 Å². The Morgan fingerprint density at radius 2 is 2.25 bits per heavy atom. The van der Waals surface area contributed by atoms with Crippen LogP contribution in [0.15, 0.2) is 18.2 Å². The Morgan fingerprint density at radius 3 is 2.75 bits per heavy atom. The van der Waals surface area contributed by atoms with Gasteiger partial charge in [0.25, 0.3) is 0 Å². The molecular formula is C8H6ClFO2. The van der Waals surface area contributed by atoms with Crippen molar-refractivity contribution in [2.75, 3.05) is 0 Å². The maximum atomic E-state index is 12.7. The van der Waals surface area contributed by atoms with Gasteiger partial charge in [-0.3, -0.25) is 4.79 Å². The number of aromatic hydroxyl groups is 1. The highest BCUT2D eigenvalue weighted by Crippen LogP contribution is 2.27. The van der Waals surface area contributed by atoms with Crippen LogP contribution in [0.5, 0.6) is 5.75 Å². The number of carbonyl (C=O) groups is 1. The van der Waals surface area contributed by atoms with E-state index in [1.807, 2.05) is 0 Å². The van der Waals surface area contributed by atoms with Gasteiger partial charge in [-0.25, -0.2) is 4.39 Å². The maximum Gasteiger partial charge on any atom is 0.180 e. The number of halogens is 2. The minimum Gasteiger partial charge on any atom is -0.506 e. The molecule has 4 heteroatoms. The lowest BCUT2D eigenvalue weighted by Gasteiger charge is -2.02. The summed E-state index contributed by atoms with van der Waals surface area (Å²) in [5, 5.41) is 8.99. The highest BCUT2D eigenvalue weighted by Gasteiger charge is 2.09. The summed E-state index contributed by atoms with van der Waals surface area (Å²) in [7, 11) is 0. The lowest BCUT2D eigenvalue weighted by atomic mass is 10.1. The van der Waals surface area contributed by atoms with Crippen molar-refractivity contribution in [1.29, 1.82) is 0 Å². The molecule has 0 aliphatic carbocycles. The zero-order valence-electron chi connectivity index (χ0n) is 6.00. The third kappa shape index (κ3) is 1.74. The maximum absolute atomic E-state index is 12.7. The molecule has 0 aliphatic rings. The molecule has 0 radical (unpaired) electrons. The number of carbonyl (C=O) groups excluding carboxylic acids is 1. The van der Waals surface area contributed by atoms with Crippen LogP contribution in [0, 0.1) is 0 Å². The Balaban J connectivity index is 3.04. The molecule has 0 aliphatic heterocycles. The van der Waals surface area contributed by atoms with E-state index >= 15 is 0 Å². The standard InChI is InChI=1S/C8H6ClFO2/c9-6-3-5(7(10)4-11)1-2-8(6)12/h1-4,7,12H. The first-order chi connectivity index (χ1) is 5.65. The predicted octanol–water partition coefficient (Wildman–Crippen LogP) is 2.26. The van der Waals surface area contributed by atoms with Crippen LogP contribution in [-0.4, -0.2) is 11.4 Å². The minimum absolute atomic E-state index is 0.0389. The van der Waals surface area contributed by atoms with Crippen molar-refractivity contribution in [1.82, 2.24) is 0 Å². The van der Waals surface area contributed by atoms with Gasteiger partial charge in [-0.15, -0.1) is 0 Å². The van der Waals surface area contributed by atoms with E-state index in [0.717, 1.165) is 0 Å². The first-order valence-electron chi connectivity index (χ1n) is 3.23. The quantitative estimate of drug-likeness (QED) is 0.723. The van der Waals surface area contributed by atoms with Crippen LogP contribution in [0.2, 0.25) is 5.02 Å². The van der Waals surface area contributed by atoms with E-state index in [9.17, 15) is 9.18 Å². The fourth-order valence-electron chi connectivity index (χ4n) is 0.773. The van der Waals surface area contributed by atoms with Crippen LogP contribution < -0.4 is 0 Å². The van der Waals surface area contributed by atoms with Crippen LogP contribution in [-0.2, 0) is 4.79 Å². The molecule has 0 amide bonds. The number of alkyl halides is 1. The number of phenols is 1. The molecule has 64 valence electrons. The monoisotopic (exact) mass is 188 g/mol. The molecule has 0 bridgehead atoms. The molecule has 1 N–H and O–H groups in total. The molecule has 0 saturated carbocycles. The second-order valence-electron chi connectivity index (χ2n) is 2.25. The number of phenolic OH excluding ortho intramolecular Hbond substituents is 1. The van der Waals surface area contributed by atoms with Crippen molar-refractivity contribution in [3.8, 4) is 5.75 Å². The predicted molar refractivity (Wildman–Crippen MR) is 43.0 cm³/mol. The molecule has 12 heavy (non-hydrogen) atoms. The van der Waals surface area contributed by atoms with Gasteiger partial charge < -0.3 is 5.11 Å². The fourth-order valence-corrected chi connectivity index (χ4v) is 0.962. The average Bonchev–Trinajstić information content (AvgIpc) is 2.08. The third-order valence-corrected chi connectivity index (χ3v) is 1.71. The van der Waals surface area contributed by atoms with E-state index in [-0.39, 0.29) is 22.6 Å². The summed E-state index contributed by atoms with van der Waals surface area (Å²) < 4.78 is 12.7. The van der Waals surface area contributed by atoms with Crippen LogP contribution in [0.4, 0.5) is 4.39 Å². The molecule has 0 aromatic heterocycles. The van der Waals surface area contributed by atoms with E-state index in [1.54, 1.807) is 0 Å². The molecule has 1 aromatic carbocycles. The number of aldehydes is 1. The van der Waals surface area contributed by atoms with Gasteiger partial charge >= 0.3 is 0 Å². The molecule has 0 saturated heterocycles. The van der Waals surface area contributed by atoms with Crippen LogP contribution in [0.25, 0.3) is 0 Å². The van der Waals surface area contributed by atoms with Crippen molar-refractivity contribution >= 4 is 17.9 Å². The fraction of sp³-hybridized carbons (Fsp3) is 0.125. The van der Waals surface area contributed by atoms with Gasteiger partial charge in [0.05, 0.1) is 5.02 Å². The first-order valence-corrected chi connectivity index (χ1v) is 3.60. The van der Waals surface area contributed by atoms with Crippen molar-refractivity contribution < 1.29 is 14.3 Å². The summed E-state index contributed by atoms with van der Waals surface area (Å²) in [6, 6.07) is 3.77. The third-order valence-electron chi connectivity index (χ3n) is 1.41. The molecule has 2 nitrogen and oxygen atoms in total. The lowest BCUT2D eigenvalue weighted by molar-refractivity contribution is -0.112. The zero-order chi connectivity index (χ0) is 9.14. The Morgan fingerprint density at radius 1 is 1.58 bits per heavy atom. The van der Waals surface area contributed by atoms with E-state index in [1.165, 1.54) is 18.2 Å². The van der Waals surface area contributed by atoms with Gasteiger partial charge in [-0.2, -0.15) is 0 Å². The van der Waals surface area contributed by atoms with Gasteiger partial charge in [0.2, 0.25) is 0 Å². The van der Waals surface area contributed by atoms with Crippen molar-refractivity contribution in [2.24, 2.45) is 0 Å². The summed E-state index contributed by atoms with van der Waals surface area (Å²) >= 11 is 5.48. The van der Waals surface area contributed by atoms with Gasteiger partial charge in [0.15, 0.2) is 12.5 Å². The molecule has 1 rings (SSSR count). The molecular weight excluding hydrogens is 183 g/mol. The van der Waals surface area contributed by atoms with Gasteiger partial charge in [-0.1, -0.05) is 17.7 Å². The van der Waals surface area contributed by atoms with Crippen molar-refractivity contribution in [3.63, 3.8) is 0 Å². The second-order valence-corrected chi connectivity index (χ2v) is 2.66. The summed E-state index contributed by atoms with van der Waals surface area (Å²) in [5.41, 5.74) is 0.146. The van der Waals surface area contributed by atoms with E-state index in [2.05, 4.69) is 0 Å². The molecule has 1 atom stereocenters. The highest BCUT2D eigenvalue weighted by atomic mass is 35.5. The zero-order valence-corrected chi connectivity index (χ0v) is 6.75. The number of hydrogen-bond acceptors (Lipinski definition) is 2. The topological polar surface area (TPSA) is 37.3 Å². The van der Waals surface area contributed by atoms with Gasteiger partial charge in [-0.05, 0) is 17.7 Å². The first kappa shape index (κ1) is 9.00. The largest absolute Gasteiger partial charge is 0.506 e. The summed E-state index contributed by atoms with van der Waals surface area (Å²) in [6.07, 6.45) is -1.51. The minimum atomic E-state index is -1.68. The smallest absolute Gasteiger partial charge is 0.180 e. The Hall–Kier alpha value is -1.09. The summed E-state index contributed by atoms with van der Waals surface area (Å²) in [5.74, 6) is -0.126. The molecule has 0 spiro atoms. The van der Waals surface area contributed by atoms with E-state index < -0.39 is 6.17 Å². The number of hydrogen-bond donors (Lipinski definition) is 1. The van der Waals surface area contributed by atoms with Gasteiger partial charge in [0, 0.05) is 0 Å². The van der Waals surface area contributed by atoms with E-state index in [4.69, 9.17) is 16.7 Å². The lowest BCUT2D eigenvalue weighted by Crippen LogP contribution is -1.91. The summed E-state index contributed by atoms with van der Waals surface area (Å²) in [4.78, 5) is 10.0. The van der Waals surface area contributed by atoms with E-state index in [0.29, 0.717) is 0 Å². The van der Waals surface area contributed by atoms with Crippen LogP contribution >= 0.6 is 11.6 Å². The number of rotatable bonds is 2. The summed E-state index contributed by atoms with van der Waals surface area (Å²) in [6.45, 7) is 0. The molecule has 1 unspecified atom stereocenters. The van der Waals surface area contributed by atoms with Crippen LogP contribution in [0.3, 0.4) is 0 Å². The highest BCUT2D eigenvalue weighted by molar-refractivity contribution is 6.32. The Labute approximate surface area is 73.6 Å². The van der Waals surface area contributed by atoms with Gasteiger partial charge in [0.1, 0.15) is 5.75 Å². The molecule has 0 fully saturated rings. The number of benzene rings is 1.